The van der Waals surface area contributed by atoms with Crippen LogP contribution in [0.25, 0.3) is 0 Å². The van der Waals surface area contributed by atoms with Gasteiger partial charge in [-0.15, -0.1) is 0 Å². The second-order valence-electron chi connectivity index (χ2n) is 6.20. The minimum atomic E-state index is -0.0698. The van der Waals surface area contributed by atoms with Gasteiger partial charge in [0, 0.05) is 25.2 Å². The molecule has 2 aromatic rings. The molecule has 3 heteroatoms. The number of aryl methyl sites for hydroxylation is 1. The van der Waals surface area contributed by atoms with E-state index < -0.39 is 0 Å². The lowest BCUT2D eigenvalue weighted by atomic mass is 9.73. The van der Waals surface area contributed by atoms with Crippen molar-refractivity contribution in [2.75, 3.05) is 0 Å². The van der Waals surface area contributed by atoms with E-state index >= 15 is 0 Å². The molecule has 1 aromatic heterocycles. The topological polar surface area (TPSA) is 43.8 Å². The van der Waals surface area contributed by atoms with Crippen LogP contribution in [0.1, 0.15) is 42.9 Å². The third-order valence-electron chi connectivity index (χ3n) is 4.55. The Morgan fingerprint density at radius 3 is 2.50 bits per heavy atom. The number of aromatic nitrogens is 2. The molecule has 0 amide bonds. The third-order valence-corrected chi connectivity index (χ3v) is 4.55. The fourth-order valence-corrected chi connectivity index (χ4v) is 3.35. The monoisotopic (exact) mass is 269 g/mol. The maximum Gasteiger partial charge on any atom is 0.0642 e. The zero-order valence-electron chi connectivity index (χ0n) is 12.1. The Labute approximate surface area is 120 Å². The fourth-order valence-electron chi connectivity index (χ4n) is 3.35. The lowest BCUT2D eigenvalue weighted by Crippen LogP contribution is -2.45. The van der Waals surface area contributed by atoms with Crippen LogP contribution in [0, 0.1) is 0 Å². The summed E-state index contributed by atoms with van der Waals surface area (Å²) in [4.78, 5) is 0. The smallest absolute Gasteiger partial charge is 0.0642 e. The normalized spacial score (nSPS) is 26.6. The van der Waals surface area contributed by atoms with Gasteiger partial charge in [0.15, 0.2) is 0 Å². The molecule has 0 aliphatic heterocycles. The van der Waals surface area contributed by atoms with Gasteiger partial charge >= 0.3 is 0 Å². The summed E-state index contributed by atoms with van der Waals surface area (Å²) in [5, 5.41) is 4.46. The van der Waals surface area contributed by atoms with Gasteiger partial charge < -0.3 is 5.73 Å². The molecule has 0 atom stereocenters. The number of benzene rings is 1. The minimum Gasteiger partial charge on any atom is -0.325 e. The highest BCUT2D eigenvalue weighted by Gasteiger charge is 2.32. The van der Waals surface area contributed by atoms with Crippen LogP contribution < -0.4 is 5.73 Å². The average Bonchev–Trinajstić information content (AvgIpc) is 2.85. The van der Waals surface area contributed by atoms with E-state index in [4.69, 9.17) is 5.73 Å². The van der Waals surface area contributed by atoms with Crippen molar-refractivity contribution in [3.8, 4) is 0 Å². The maximum absolute atomic E-state index is 6.59. The van der Waals surface area contributed by atoms with Crippen LogP contribution in [0.15, 0.2) is 42.6 Å². The zero-order chi connectivity index (χ0) is 14.0. The molecule has 0 radical (unpaired) electrons. The van der Waals surface area contributed by atoms with E-state index in [1.165, 1.54) is 18.4 Å². The summed E-state index contributed by atoms with van der Waals surface area (Å²) < 4.78 is 1.86. The van der Waals surface area contributed by atoms with Crippen LogP contribution in [0.2, 0.25) is 0 Å². The molecule has 3 nitrogen and oxygen atoms in total. The third kappa shape index (κ3) is 2.93. The van der Waals surface area contributed by atoms with E-state index in [0.717, 1.165) is 25.0 Å². The highest BCUT2D eigenvalue weighted by Crippen LogP contribution is 2.38. The summed E-state index contributed by atoms with van der Waals surface area (Å²) in [7, 11) is 1.96. The van der Waals surface area contributed by atoms with Crippen molar-refractivity contribution in [3.63, 3.8) is 0 Å². The Kier molecular flexibility index (Phi) is 3.62. The van der Waals surface area contributed by atoms with Crippen LogP contribution in [-0.4, -0.2) is 15.3 Å². The Bertz CT molecular complexity index is 551. The van der Waals surface area contributed by atoms with E-state index in [1.807, 2.05) is 17.9 Å². The molecule has 3 rings (SSSR count). The molecule has 2 N–H and O–H groups in total. The molecular weight excluding hydrogens is 246 g/mol. The number of nitrogens with zero attached hydrogens (tertiary/aromatic N) is 2. The molecule has 0 saturated heterocycles. The van der Waals surface area contributed by atoms with E-state index in [0.29, 0.717) is 5.92 Å². The van der Waals surface area contributed by atoms with E-state index in [9.17, 15) is 0 Å². The first-order chi connectivity index (χ1) is 9.65. The number of nitrogens with two attached hydrogens (primary N) is 1. The first-order valence-electron chi connectivity index (χ1n) is 7.47. The highest BCUT2D eigenvalue weighted by atomic mass is 15.2. The molecule has 1 aromatic carbocycles. The lowest BCUT2D eigenvalue weighted by Gasteiger charge is -2.37. The molecule has 0 bridgehead atoms. The molecule has 1 aliphatic carbocycles. The van der Waals surface area contributed by atoms with Crippen molar-refractivity contribution in [1.29, 1.82) is 0 Å². The van der Waals surface area contributed by atoms with Gasteiger partial charge in [-0.2, -0.15) is 5.10 Å². The lowest BCUT2D eigenvalue weighted by molar-refractivity contribution is 0.268. The van der Waals surface area contributed by atoms with Gasteiger partial charge in [-0.25, -0.2) is 0 Å². The van der Waals surface area contributed by atoms with Crippen molar-refractivity contribution in [1.82, 2.24) is 9.78 Å². The summed E-state index contributed by atoms with van der Waals surface area (Å²) in [6, 6.07) is 12.9. The predicted octanol–water partition coefficient (Wildman–Crippen LogP) is 3.02. The number of hydrogen-bond acceptors (Lipinski definition) is 2. The number of rotatable bonds is 3. The number of hydrogen-bond donors (Lipinski definition) is 1. The Morgan fingerprint density at radius 1 is 1.20 bits per heavy atom. The van der Waals surface area contributed by atoms with Gasteiger partial charge in [-0.05, 0) is 43.2 Å². The van der Waals surface area contributed by atoms with E-state index in [-0.39, 0.29) is 5.54 Å². The summed E-state index contributed by atoms with van der Waals surface area (Å²) in [5.41, 5.74) is 9.11. The second-order valence-corrected chi connectivity index (χ2v) is 6.20. The first kappa shape index (κ1) is 13.4. The Balaban J connectivity index is 1.62. The van der Waals surface area contributed by atoms with Crippen LogP contribution in [0.3, 0.4) is 0 Å². The van der Waals surface area contributed by atoms with Crippen LogP contribution in [-0.2, 0) is 13.5 Å². The van der Waals surface area contributed by atoms with Crippen molar-refractivity contribution >= 4 is 0 Å². The molecule has 1 heterocycles. The van der Waals surface area contributed by atoms with Gasteiger partial charge in [0.25, 0.3) is 0 Å². The zero-order valence-corrected chi connectivity index (χ0v) is 12.1. The summed E-state index contributed by atoms with van der Waals surface area (Å²) in [5.74, 6) is 0.677. The standard InChI is InChI=1S/C17H23N3/c1-20-12-9-16(19-20)13-17(18)10-7-15(8-11-17)14-5-3-2-4-6-14/h2-6,9,12,15H,7-8,10-11,13,18H2,1H3. The largest absolute Gasteiger partial charge is 0.325 e. The molecule has 1 fully saturated rings. The molecule has 0 spiro atoms. The predicted molar refractivity (Wildman–Crippen MR) is 81.5 cm³/mol. The quantitative estimate of drug-likeness (QED) is 0.931. The van der Waals surface area contributed by atoms with Gasteiger partial charge in [-0.3, -0.25) is 4.68 Å². The van der Waals surface area contributed by atoms with Crippen LogP contribution >= 0.6 is 0 Å². The van der Waals surface area contributed by atoms with Crippen molar-refractivity contribution < 1.29 is 0 Å². The van der Waals surface area contributed by atoms with Gasteiger partial charge in [0.05, 0.1) is 5.69 Å². The van der Waals surface area contributed by atoms with Crippen molar-refractivity contribution in [2.45, 2.75) is 43.6 Å². The second kappa shape index (κ2) is 5.41. The minimum absolute atomic E-state index is 0.0698. The first-order valence-corrected chi connectivity index (χ1v) is 7.47. The van der Waals surface area contributed by atoms with Crippen molar-refractivity contribution in [3.05, 3.63) is 53.9 Å². The van der Waals surface area contributed by atoms with Gasteiger partial charge in [0.2, 0.25) is 0 Å². The van der Waals surface area contributed by atoms with Crippen molar-refractivity contribution in [2.24, 2.45) is 12.8 Å². The maximum atomic E-state index is 6.59. The van der Waals surface area contributed by atoms with Gasteiger partial charge in [-0.1, -0.05) is 30.3 Å². The van der Waals surface area contributed by atoms with Gasteiger partial charge in [0.1, 0.15) is 0 Å². The molecule has 0 unspecified atom stereocenters. The van der Waals surface area contributed by atoms with E-state index in [2.05, 4.69) is 41.5 Å². The summed E-state index contributed by atoms with van der Waals surface area (Å²) in [6.45, 7) is 0. The Morgan fingerprint density at radius 2 is 1.90 bits per heavy atom. The van der Waals surface area contributed by atoms with Crippen LogP contribution in [0.5, 0.6) is 0 Å². The molecule has 20 heavy (non-hydrogen) atoms. The molecule has 106 valence electrons. The summed E-state index contributed by atoms with van der Waals surface area (Å²) in [6.07, 6.45) is 7.44. The molecule has 1 saturated carbocycles. The SMILES string of the molecule is Cn1ccc(CC2(N)CCC(c3ccccc3)CC2)n1. The Hall–Kier alpha value is -1.61. The summed E-state index contributed by atoms with van der Waals surface area (Å²) >= 11 is 0. The average molecular weight is 269 g/mol. The molecular formula is C17H23N3. The van der Waals surface area contributed by atoms with Crippen LogP contribution in [0.4, 0.5) is 0 Å². The fraction of sp³-hybridized carbons (Fsp3) is 0.471. The highest BCUT2D eigenvalue weighted by molar-refractivity contribution is 5.21. The molecule has 1 aliphatic rings. The van der Waals surface area contributed by atoms with E-state index in [1.54, 1.807) is 0 Å².